The lowest BCUT2D eigenvalue weighted by molar-refractivity contribution is 0.0694. The summed E-state index contributed by atoms with van der Waals surface area (Å²) in [5, 5.41) is 9.07. The molecule has 6 nitrogen and oxygen atoms in total. The predicted octanol–water partition coefficient (Wildman–Crippen LogP) is 5.63. The lowest BCUT2D eigenvalue weighted by atomic mass is 10.1. The van der Waals surface area contributed by atoms with Crippen LogP contribution >= 0.6 is 0 Å². The third kappa shape index (κ3) is 5.88. The Morgan fingerprint density at radius 1 is 0.875 bits per heavy atom. The van der Waals surface area contributed by atoms with Crippen molar-refractivity contribution in [1.29, 1.82) is 0 Å². The van der Waals surface area contributed by atoms with Crippen molar-refractivity contribution in [3.8, 4) is 17.2 Å². The minimum absolute atomic E-state index is 0.0791. The Morgan fingerprint density at radius 3 is 2.09 bits per heavy atom. The van der Waals surface area contributed by atoms with Gasteiger partial charge in [-0.3, -0.25) is 4.79 Å². The van der Waals surface area contributed by atoms with E-state index in [1.165, 1.54) is 0 Å². The van der Waals surface area contributed by atoms with Gasteiger partial charge in [-0.15, -0.1) is 0 Å². The zero-order chi connectivity index (χ0) is 22.9. The lowest BCUT2D eigenvalue weighted by Gasteiger charge is -2.23. The molecule has 0 aromatic heterocycles. The van der Waals surface area contributed by atoms with Crippen LogP contribution in [0, 0.1) is 0 Å². The van der Waals surface area contributed by atoms with Crippen LogP contribution in [0.1, 0.15) is 46.0 Å². The van der Waals surface area contributed by atoms with Crippen LogP contribution in [0.2, 0.25) is 0 Å². The molecule has 32 heavy (non-hydrogen) atoms. The van der Waals surface area contributed by atoms with Gasteiger partial charge in [-0.05, 0) is 60.5 Å². The highest BCUT2D eigenvalue weighted by atomic mass is 16.5. The number of unbranched alkanes of at least 4 members (excludes halogenated alkanes) is 1. The van der Waals surface area contributed by atoms with E-state index in [-0.39, 0.29) is 11.5 Å². The van der Waals surface area contributed by atoms with Crippen molar-refractivity contribution in [2.75, 3.05) is 13.7 Å². The number of amides is 1. The number of methoxy groups -OCH3 is 1. The van der Waals surface area contributed by atoms with Gasteiger partial charge in [-0.2, -0.15) is 0 Å². The summed E-state index contributed by atoms with van der Waals surface area (Å²) >= 11 is 0. The molecular formula is C26H27NO5. The molecule has 0 radical (unpaired) electrons. The molecule has 0 heterocycles. The van der Waals surface area contributed by atoms with Gasteiger partial charge in [-0.1, -0.05) is 37.6 Å². The molecule has 0 fully saturated rings. The molecule has 0 saturated carbocycles. The Morgan fingerprint density at radius 2 is 1.50 bits per heavy atom. The summed E-state index contributed by atoms with van der Waals surface area (Å²) in [6.45, 7) is 3.11. The van der Waals surface area contributed by atoms with E-state index in [4.69, 9.17) is 14.6 Å². The highest BCUT2D eigenvalue weighted by Crippen LogP contribution is 2.31. The molecule has 1 N–H and O–H groups in total. The molecule has 3 aromatic carbocycles. The molecule has 0 aliphatic heterocycles. The minimum atomic E-state index is -0.967. The molecule has 0 unspecified atom stereocenters. The molecule has 0 aliphatic rings. The topological polar surface area (TPSA) is 76.1 Å². The van der Waals surface area contributed by atoms with E-state index in [9.17, 15) is 9.59 Å². The molecular weight excluding hydrogens is 406 g/mol. The molecule has 0 saturated heterocycles. The van der Waals surface area contributed by atoms with Crippen LogP contribution < -0.4 is 9.47 Å². The number of nitrogens with zero attached hydrogens (tertiary/aromatic N) is 1. The molecule has 6 heteroatoms. The van der Waals surface area contributed by atoms with E-state index in [2.05, 4.69) is 6.92 Å². The van der Waals surface area contributed by atoms with Gasteiger partial charge in [0.15, 0.2) is 11.5 Å². The normalized spacial score (nSPS) is 10.4. The maximum Gasteiger partial charge on any atom is 0.335 e. The van der Waals surface area contributed by atoms with E-state index in [1.54, 1.807) is 60.5 Å². The summed E-state index contributed by atoms with van der Waals surface area (Å²) in [5.74, 6) is 0.793. The molecule has 0 bridgehead atoms. The fourth-order valence-corrected chi connectivity index (χ4v) is 3.25. The first-order valence-corrected chi connectivity index (χ1v) is 10.5. The van der Waals surface area contributed by atoms with E-state index >= 15 is 0 Å². The summed E-state index contributed by atoms with van der Waals surface area (Å²) in [6.07, 6.45) is 1.85. The van der Waals surface area contributed by atoms with Crippen molar-refractivity contribution in [1.82, 2.24) is 4.90 Å². The van der Waals surface area contributed by atoms with E-state index in [0.717, 1.165) is 18.4 Å². The van der Waals surface area contributed by atoms with Gasteiger partial charge in [-0.25, -0.2) is 4.79 Å². The number of hydrogen-bond acceptors (Lipinski definition) is 4. The average molecular weight is 434 g/mol. The minimum Gasteiger partial charge on any atom is -0.493 e. The first kappa shape index (κ1) is 22.9. The van der Waals surface area contributed by atoms with Crippen LogP contribution in [0.3, 0.4) is 0 Å². The monoisotopic (exact) mass is 433 g/mol. The number of aromatic carboxylic acids is 1. The summed E-state index contributed by atoms with van der Waals surface area (Å²) in [4.78, 5) is 26.0. The number of carbonyl (C=O) groups is 2. The second-order valence-corrected chi connectivity index (χ2v) is 7.36. The lowest BCUT2D eigenvalue weighted by Crippen LogP contribution is -2.31. The van der Waals surface area contributed by atoms with Crippen LogP contribution in [0.25, 0.3) is 0 Å². The molecule has 3 rings (SSSR count). The quantitative estimate of drug-likeness (QED) is 0.449. The van der Waals surface area contributed by atoms with Crippen molar-refractivity contribution in [3.05, 3.63) is 89.5 Å². The van der Waals surface area contributed by atoms with Gasteiger partial charge in [0, 0.05) is 18.7 Å². The Kier molecular flexibility index (Phi) is 7.86. The molecule has 1 amide bonds. The fourth-order valence-electron chi connectivity index (χ4n) is 3.25. The second-order valence-electron chi connectivity index (χ2n) is 7.36. The second kappa shape index (κ2) is 11.0. The summed E-state index contributed by atoms with van der Waals surface area (Å²) in [5.41, 5.74) is 1.68. The number of benzene rings is 3. The van der Waals surface area contributed by atoms with Gasteiger partial charge in [0.2, 0.25) is 0 Å². The number of hydrogen-bond donors (Lipinski definition) is 1. The van der Waals surface area contributed by atoms with Crippen molar-refractivity contribution in [3.63, 3.8) is 0 Å². The van der Waals surface area contributed by atoms with Crippen molar-refractivity contribution < 1.29 is 24.2 Å². The van der Waals surface area contributed by atoms with Crippen LogP contribution in [-0.4, -0.2) is 35.5 Å². The van der Waals surface area contributed by atoms with Gasteiger partial charge >= 0.3 is 5.97 Å². The van der Waals surface area contributed by atoms with Crippen molar-refractivity contribution in [2.24, 2.45) is 0 Å². The van der Waals surface area contributed by atoms with Crippen LogP contribution in [0.5, 0.6) is 17.2 Å². The average Bonchev–Trinajstić information content (AvgIpc) is 2.82. The number of carboxylic acids is 1. The number of ether oxygens (including phenoxy) is 2. The molecule has 0 aliphatic carbocycles. The number of para-hydroxylation sites is 2. The Bertz CT molecular complexity index is 1040. The van der Waals surface area contributed by atoms with Gasteiger partial charge < -0.3 is 19.5 Å². The Hall–Kier alpha value is -3.80. The number of carbonyl (C=O) groups excluding carboxylic acids is 1. The largest absolute Gasteiger partial charge is 0.493 e. The van der Waals surface area contributed by atoms with Crippen LogP contribution in [-0.2, 0) is 6.54 Å². The third-order valence-corrected chi connectivity index (χ3v) is 5.04. The maximum absolute atomic E-state index is 13.2. The van der Waals surface area contributed by atoms with Gasteiger partial charge in [0.05, 0.1) is 12.7 Å². The Balaban J connectivity index is 1.73. The standard InChI is InChI=1S/C26H27NO5/c1-3-4-17-27(18-19-9-11-21(12-10-19)26(29)30)25(28)20-13-15-22(16-14-20)32-24-8-6-5-7-23(24)31-2/h5-16H,3-4,17-18H2,1-2H3,(H,29,30). The third-order valence-electron chi connectivity index (χ3n) is 5.04. The van der Waals surface area contributed by atoms with Crippen molar-refractivity contribution >= 4 is 11.9 Å². The Labute approximate surface area is 188 Å². The zero-order valence-corrected chi connectivity index (χ0v) is 18.3. The van der Waals surface area contributed by atoms with Crippen LogP contribution in [0.15, 0.2) is 72.8 Å². The smallest absolute Gasteiger partial charge is 0.335 e. The molecule has 0 spiro atoms. The summed E-state index contributed by atoms with van der Waals surface area (Å²) < 4.78 is 11.2. The highest BCUT2D eigenvalue weighted by Gasteiger charge is 2.17. The van der Waals surface area contributed by atoms with E-state index < -0.39 is 5.97 Å². The van der Waals surface area contributed by atoms with Gasteiger partial charge in [0.1, 0.15) is 5.75 Å². The summed E-state index contributed by atoms with van der Waals surface area (Å²) in [6, 6.07) is 21.0. The highest BCUT2D eigenvalue weighted by molar-refractivity contribution is 5.94. The SMILES string of the molecule is CCCCN(Cc1ccc(C(=O)O)cc1)C(=O)c1ccc(Oc2ccccc2OC)cc1. The molecule has 3 aromatic rings. The zero-order valence-electron chi connectivity index (χ0n) is 18.3. The predicted molar refractivity (Wildman–Crippen MR) is 123 cm³/mol. The van der Waals surface area contributed by atoms with Crippen molar-refractivity contribution in [2.45, 2.75) is 26.3 Å². The van der Waals surface area contributed by atoms with Gasteiger partial charge in [0.25, 0.3) is 5.91 Å². The molecule has 0 atom stereocenters. The van der Waals surface area contributed by atoms with Crippen LogP contribution in [0.4, 0.5) is 0 Å². The number of rotatable bonds is 10. The number of carboxylic acid groups (broad SMARTS) is 1. The molecule has 166 valence electrons. The van der Waals surface area contributed by atoms with E-state index in [1.807, 2.05) is 24.3 Å². The summed E-state index contributed by atoms with van der Waals surface area (Å²) in [7, 11) is 1.59. The first-order valence-electron chi connectivity index (χ1n) is 10.5. The van der Waals surface area contributed by atoms with E-state index in [0.29, 0.717) is 35.9 Å². The fraction of sp³-hybridized carbons (Fsp3) is 0.231. The first-order chi connectivity index (χ1) is 15.5. The maximum atomic E-state index is 13.2.